The number of piperazine rings is 1. The summed E-state index contributed by atoms with van der Waals surface area (Å²) < 4.78 is 16.5. The number of likely N-dealkylation sites (N-methyl/N-ethyl adjacent to an activating group) is 1. The number of anilines is 1. The van der Waals surface area contributed by atoms with E-state index in [1.54, 1.807) is 14.2 Å². The Morgan fingerprint density at radius 1 is 0.969 bits per heavy atom. The molecule has 7 nitrogen and oxygen atoms in total. The van der Waals surface area contributed by atoms with Gasteiger partial charge in [0, 0.05) is 56.6 Å². The van der Waals surface area contributed by atoms with Gasteiger partial charge in [0.05, 0.1) is 20.8 Å². The number of para-hydroxylation sites is 2. The van der Waals surface area contributed by atoms with E-state index in [0.29, 0.717) is 18.0 Å². The van der Waals surface area contributed by atoms with Gasteiger partial charge >= 0.3 is 0 Å². The van der Waals surface area contributed by atoms with Gasteiger partial charge in [-0.05, 0) is 31.3 Å². The SMILES string of the molecule is COc1cccc(-c2cc(CN(C)CCN3CCN(c4ccccc4)CC3)on2)c1OC. The molecule has 170 valence electrons. The molecule has 1 fully saturated rings. The van der Waals surface area contributed by atoms with Crippen molar-refractivity contribution in [2.24, 2.45) is 0 Å². The quantitative estimate of drug-likeness (QED) is 0.508. The zero-order chi connectivity index (χ0) is 22.3. The second-order valence-electron chi connectivity index (χ2n) is 8.12. The lowest BCUT2D eigenvalue weighted by Crippen LogP contribution is -2.48. The van der Waals surface area contributed by atoms with Gasteiger partial charge in [0.2, 0.25) is 0 Å². The first-order chi connectivity index (χ1) is 15.7. The van der Waals surface area contributed by atoms with Crippen molar-refractivity contribution < 1.29 is 14.0 Å². The van der Waals surface area contributed by atoms with E-state index in [2.05, 4.69) is 57.2 Å². The van der Waals surface area contributed by atoms with E-state index in [1.165, 1.54) is 5.69 Å². The molecule has 1 aliphatic heterocycles. The molecule has 0 unspecified atom stereocenters. The topological polar surface area (TPSA) is 54.2 Å². The Labute approximate surface area is 190 Å². The standard InChI is InChI=1S/C25H32N4O3/c1-27(12-13-28-14-16-29(17-15-28)20-8-5-4-6-9-20)19-21-18-23(26-32-21)22-10-7-11-24(30-2)25(22)31-3/h4-11,18H,12-17,19H2,1-3H3. The van der Waals surface area contributed by atoms with Gasteiger partial charge in [-0.25, -0.2) is 0 Å². The summed E-state index contributed by atoms with van der Waals surface area (Å²) in [6.07, 6.45) is 0. The largest absolute Gasteiger partial charge is 0.493 e. The van der Waals surface area contributed by atoms with E-state index in [1.807, 2.05) is 24.3 Å². The van der Waals surface area contributed by atoms with Crippen LogP contribution in [0.5, 0.6) is 11.5 Å². The molecule has 0 atom stereocenters. The lowest BCUT2D eigenvalue weighted by molar-refractivity contribution is 0.202. The molecule has 4 rings (SSSR count). The summed E-state index contributed by atoms with van der Waals surface area (Å²) in [6, 6.07) is 18.4. The van der Waals surface area contributed by atoms with Crippen molar-refractivity contribution >= 4 is 5.69 Å². The maximum Gasteiger partial charge on any atom is 0.170 e. The minimum atomic E-state index is 0.665. The second kappa shape index (κ2) is 10.5. The number of methoxy groups -OCH3 is 2. The zero-order valence-electron chi connectivity index (χ0n) is 19.2. The lowest BCUT2D eigenvalue weighted by Gasteiger charge is -2.36. The first-order valence-corrected chi connectivity index (χ1v) is 11.1. The van der Waals surface area contributed by atoms with Crippen LogP contribution in [0.3, 0.4) is 0 Å². The molecule has 3 aromatic rings. The monoisotopic (exact) mass is 436 g/mol. The van der Waals surface area contributed by atoms with E-state index < -0.39 is 0 Å². The van der Waals surface area contributed by atoms with Gasteiger partial charge in [-0.1, -0.05) is 29.4 Å². The van der Waals surface area contributed by atoms with Crippen LogP contribution in [-0.2, 0) is 6.54 Å². The first kappa shape index (κ1) is 22.2. The molecule has 0 N–H and O–H groups in total. The summed E-state index contributed by atoms with van der Waals surface area (Å²) in [7, 11) is 5.39. The summed E-state index contributed by atoms with van der Waals surface area (Å²) in [4.78, 5) is 7.27. The van der Waals surface area contributed by atoms with Crippen molar-refractivity contribution in [1.29, 1.82) is 0 Å². The third-order valence-electron chi connectivity index (χ3n) is 5.96. The van der Waals surface area contributed by atoms with Crippen LogP contribution in [0.1, 0.15) is 5.76 Å². The predicted octanol–water partition coefficient (Wildman–Crippen LogP) is 3.61. The Kier molecular flexibility index (Phi) is 7.29. The van der Waals surface area contributed by atoms with Crippen molar-refractivity contribution in [3.8, 4) is 22.8 Å². The Morgan fingerprint density at radius 3 is 2.47 bits per heavy atom. The first-order valence-electron chi connectivity index (χ1n) is 11.1. The minimum absolute atomic E-state index is 0.665. The Bertz CT molecular complexity index is 984. The van der Waals surface area contributed by atoms with Gasteiger partial charge in [0.25, 0.3) is 0 Å². The predicted molar refractivity (Wildman–Crippen MR) is 126 cm³/mol. The molecule has 0 spiro atoms. The fourth-order valence-corrected chi connectivity index (χ4v) is 4.13. The average molecular weight is 437 g/mol. The molecule has 32 heavy (non-hydrogen) atoms. The van der Waals surface area contributed by atoms with Crippen molar-refractivity contribution in [3.05, 3.63) is 60.4 Å². The molecule has 1 aliphatic rings. The van der Waals surface area contributed by atoms with Crippen molar-refractivity contribution in [3.63, 3.8) is 0 Å². The van der Waals surface area contributed by atoms with Gasteiger partial charge in [0.1, 0.15) is 5.69 Å². The number of rotatable bonds is 9. The highest BCUT2D eigenvalue weighted by molar-refractivity contribution is 5.71. The van der Waals surface area contributed by atoms with E-state index >= 15 is 0 Å². The third-order valence-corrected chi connectivity index (χ3v) is 5.96. The fourth-order valence-electron chi connectivity index (χ4n) is 4.13. The fraction of sp³-hybridized carbons (Fsp3) is 0.400. The minimum Gasteiger partial charge on any atom is -0.493 e. The number of nitrogens with zero attached hydrogens (tertiary/aromatic N) is 4. The third kappa shape index (κ3) is 5.23. The molecule has 2 heterocycles. The second-order valence-corrected chi connectivity index (χ2v) is 8.12. The summed E-state index contributed by atoms with van der Waals surface area (Å²) in [6.45, 7) is 7.05. The van der Waals surface area contributed by atoms with Gasteiger partial charge in [-0.15, -0.1) is 0 Å². The van der Waals surface area contributed by atoms with Crippen molar-refractivity contribution in [2.45, 2.75) is 6.54 Å². The molecule has 0 saturated carbocycles. The normalized spacial score (nSPS) is 14.7. The van der Waals surface area contributed by atoms with Crippen LogP contribution in [0.4, 0.5) is 5.69 Å². The van der Waals surface area contributed by atoms with E-state index in [-0.39, 0.29) is 0 Å². The number of hydrogen-bond donors (Lipinski definition) is 0. The molecule has 1 aromatic heterocycles. The molecular formula is C25H32N4O3. The Morgan fingerprint density at radius 2 is 1.75 bits per heavy atom. The van der Waals surface area contributed by atoms with Crippen LogP contribution in [0.25, 0.3) is 11.3 Å². The number of aromatic nitrogens is 1. The number of benzene rings is 2. The van der Waals surface area contributed by atoms with Crippen molar-refractivity contribution in [2.75, 3.05) is 65.4 Å². The van der Waals surface area contributed by atoms with Crippen LogP contribution in [0.2, 0.25) is 0 Å². The van der Waals surface area contributed by atoms with Gasteiger partial charge in [-0.2, -0.15) is 0 Å². The van der Waals surface area contributed by atoms with Crippen LogP contribution in [-0.4, -0.2) is 75.5 Å². The molecular weight excluding hydrogens is 404 g/mol. The molecule has 7 heteroatoms. The summed E-state index contributed by atoms with van der Waals surface area (Å²) in [5, 5.41) is 4.26. The summed E-state index contributed by atoms with van der Waals surface area (Å²) in [5.41, 5.74) is 2.93. The van der Waals surface area contributed by atoms with Crippen molar-refractivity contribution in [1.82, 2.24) is 15.0 Å². The van der Waals surface area contributed by atoms with E-state index in [4.69, 9.17) is 14.0 Å². The maximum atomic E-state index is 5.61. The highest BCUT2D eigenvalue weighted by Gasteiger charge is 2.18. The molecule has 0 amide bonds. The maximum absolute atomic E-state index is 5.61. The summed E-state index contributed by atoms with van der Waals surface area (Å²) >= 11 is 0. The highest BCUT2D eigenvalue weighted by atomic mass is 16.5. The smallest absolute Gasteiger partial charge is 0.170 e. The molecule has 2 aromatic carbocycles. The Balaban J connectivity index is 1.27. The van der Waals surface area contributed by atoms with Crippen LogP contribution >= 0.6 is 0 Å². The van der Waals surface area contributed by atoms with Gasteiger partial charge in [-0.3, -0.25) is 9.80 Å². The van der Waals surface area contributed by atoms with Crippen LogP contribution in [0.15, 0.2) is 59.1 Å². The van der Waals surface area contributed by atoms with E-state index in [9.17, 15) is 0 Å². The Hall–Kier alpha value is -3.03. The van der Waals surface area contributed by atoms with Gasteiger partial charge < -0.3 is 18.9 Å². The van der Waals surface area contributed by atoms with Crippen LogP contribution in [0, 0.1) is 0 Å². The number of ether oxygens (including phenoxy) is 2. The molecule has 0 bridgehead atoms. The van der Waals surface area contributed by atoms with Gasteiger partial charge in [0.15, 0.2) is 17.3 Å². The van der Waals surface area contributed by atoms with E-state index in [0.717, 1.165) is 56.3 Å². The molecule has 1 saturated heterocycles. The zero-order valence-corrected chi connectivity index (χ0v) is 19.2. The average Bonchev–Trinajstić information content (AvgIpc) is 3.31. The summed E-state index contributed by atoms with van der Waals surface area (Å²) in [5.74, 6) is 2.18. The molecule has 0 aliphatic carbocycles. The van der Waals surface area contributed by atoms with Crippen LogP contribution < -0.4 is 14.4 Å². The highest BCUT2D eigenvalue weighted by Crippen LogP contribution is 2.37. The molecule has 0 radical (unpaired) electrons. The number of hydrogen-bond acceptors (Lipinski definition) is 7. The lowest BCUT2D eigenvalue weighted by atomic mass is 10.1.